The van der Waals surface area contributed by atoms with Gasteiger partial charge in [-0.25, -0.2) is 0 Å². The summed E-state index contributed by atoms with van der Waals surface area (Å²) in [5.41, 5.74) is 0. The molecule has 1 aromatic heterocycles. The molecule has 2 unspecified atom stereocenters. The molecule has 0 aliphatic carbocycles. The minimum atomic E-state index is -0.127. The molecule has 1 fully saturated rings. The van der Waals surface area contributed by atoms with Gasteiger partial charge in [0.15, 0.2) is 10.4 Å². The van der Waals surface area contributed by atoms with Crippen LogP contribution in [0.25, 0.3) is 0 Å². The molecule has 0 aromatic carbocycles. The Hall–Kier alpha value is -0.810. The number of rotatable bonds is 2. The van der Waals surface area contributed by atoms with E-state index in [9.17, 15) is 4.79 Å². The molecule has 1 aromatic rings. The summed E-state index contributed by atoms with van der Waals surface area (Å²) in [6.45, 7) is 3.20. The van der Waals surface area contributed by atoms with Gasteiger partial charge in [0.25, 0.3) is 5.91 Å². The summed E-state index contributed by atoms with van der Waals surface area (Å²) in [4.78, 5) is 14.2. The number of nitrogens with one attached hydrogen (secondary N) is 1. The molecule has 0 spiro atoms. The SMILES string of the molecule is CC1CC(NC(=O)c2ccc(Br)o2)CCN1C. The maximum atomic E-state index is 11.9. The van der Waals surface area contributed by atoms with Crippen molar-refractivity contribution >= 4 is 21.8 Å². The van der Waals surface area contributed by atoms with E-state index in [4.69, 9.17) is 4.42 Å². The number of amides is 1. The number of furan rings is 1. The fraction of sp³-hybridized carbons (Fsp3) is 0.583. The first kappa shape index (κ1) is 12.6. The highest BCUT2D eigenvalue weighted by Crippen LogP contribution is 2.17. The number of halogens is 1. The van der Waals surface area contributed by atoms with Crippen LogP contribution in [0.1, 0.15) is 30.3 Å². The molecule has 5 heteroatoms. The normalized spacial score (nSPS) is 25.8. The highest BCUT2D eigenvalue weighted by atomic mass is 79.9. The molecule has 94 valence electrons. The van der Waals surface area contributed by atoms with E-state index in [-0.39, 0.29) is 11.9 Å². The van der Waals surface area contributed by atoms with Gasteiger partial charge in [0, 0.05) is 18.6 Å². The van der Waals surface area contributed by atoms with Crippen LogP contribution >= 0.6 is 15.9 Å². The number of piperidine rings is 1. The average Bonchev–Trinajstić information content (AvgIpc) is 2.70. The van der Waals surface area contributed by atoms with Gasteiger partial charge in [-0.3, -0.25) is 4.79 Å². The molecule has 1 amide bonds. The van der Waals surface area contributed by atoms with Crippen molar-refractivity contribution in [2.75, 3.05) is 13.6 Å². The highest BCUT2D eigenvalue weighted by molar-refractivity contribution is 9.10. The number of hydrogen-bond donors (Lipinski definition) is 1. The van der Waals surface area contributed by atoms with Gasteiger partial charge < -0.3 is 14.6 Å². The van der Waals surface area contributed by atoms with E-state index in [1.807, 2.05) is 0 Å². The van der Waals surface area contributed by atoms with Crippen LogP contribution in [0.3, 0.4) is 0 Å². The van der Waals surface area contributed by atoms with Crippen LogP contribution in [0, 0.1) is 0 Å². The zero-order chi connectivity index (χ0) is 12.4. The van der Waals surface area contributed by atoms with Crippen LogP contribution in [0.4, 0.5) is 0 Å². The summed E-state index contributed by atoms with van der Waals surface area (Å²) in [5.74, 6) is 0.237. The molecule has 4 nitrogen and oxygen atoms in total. The molecule has 1 aliphatic rings. The van der Waals surface area contributed by atoms with Crippen LogP contribution in [-0.2, 0) is 0 Å². The second kappa shape index (κ2) is 5.23. The number of hydrogen-bond acceptors (Lipinski definition) is 3. The van der Waals surface area contributed by atoms with Crippen molar-refractivity contribution in [1.29, 1.82) is 0 Å². The Morgan fingerprint density at radius 3 is 2.94 bits per heavy atom. The van der Waals surface area contributed by atoms with Gasteiger partial charge in [0.2, 0.25) is 0 Å². The van der Waals surface area contributed by atoms with E-state index in [0.29, 0.717) is 16.5 Å². The van der Waals surface area contributed by atoms with Gasteiger partial charge >= 0.3 is 0 Å². The summed E-state index contributed by atoms with van der Waals surface area (Å²) in [6.07, 6.45) is 1.98. The Morgan fingerprint density at radius 1 is 1.59 bits per heavy atom. The minimum absolute atomic E-state index is 0.127. The lowest BCUT2D eigenvalue weighted by Gasteiger charge is -2.35. The monoisotopic (exact) mass is 300 g/mol. The second-order valence-corrected chi connectivity index (χ2v) is 5.41. The van der Waals surface area contributed by atoms with Gasteiger partial charge in [-0.15, -0.1) is 0 Å². The number of carbonyl (C=O) groups excluding carboxylic acids is 1. The van der Waals surface area contributed by atoms with Crippen molar-refractivity contribution in [3.05, 3.63) is 22.6 Å². The summed E-state index contributed by atoms with van der Waals surface area (Å²) < 4.78 is 5.81. The third-order valence-electron chi connectivity index (χ3n) is 3.34. The molecule has 2 heterocycles. The summed E-state index contributed by atoms with van der Waals surface area (Å²) >= 11 is 3.19. The Kier molecular flexibility index (Phi) is 3.89. The molecule has 2 atom stereocenters. The largest absolute Gasteiger partial charge is 0.444 e. The molecular weight excluding hydrogens is 284 g/mol. The van der Waals surface area contributed by atoms with Crippen molar-refractivity contribution in [3.8, 4) is 0 Å². The zero-order valence-corrected chi connectivity index (χ0v) is 11.7. The lowest BCUT2D eigenvalue weighted by Crippen LogP contribution is -2.47. The van der Waals surface area contributed by atoms with Gasteiger partial charge in [0.05, 0.1) is 0 Å². The van der Waals surface area contributed by atoms with Gasteiger partial charge in [-0.05, 0) is 54.9 Å². The first-order valence-corrected chi connectivity index (χ1v) is 6.62. The Morgan fingerprint density at radius 2 is 2.35 bits per heavy atom. The van der Waals surface area contributed by atoms with E-state index < -0.39 is 0 Å². The van der Waals surface area contributed by atoms with E-state index in [1.165, 1.54) is 0 Å². The molecule has 1 aliphatic heterocycles. The minimum Gasteiger partial charge on any atom is -0.444 e. The number of nitrogens with zero attached hydrogens (tertiary/aromatic N) is 1. The lowest BCUT2D eigenvalue weighted by atomic mass is 9.99. The van der Waals surface area contributed by atoms with Gasteiger partial charge in [0.1, 0.15) is 0 Å². The van der Waals surface area contributed by atoms with E-state index in [1.54, 1.807) is 12.1 Å². The van der Waals surface area contributed by atoms with Crippen LogP contribution in [0.5, 0.6) is 0 Å². The topological polar surface area (TPSA) is 45.5 Å². The molecule has 1 saturated heterocycles. The molecule has 0 bridgehead atoms. The van der Waals surface area contributed by atoms with Crippen molar-refractivity contribution in [1.82, 2.24) is 10.2 Å². The average molecular weight is 301 g/mol. The first-order valence-electron chi connectivity index (χ1n) is 5.82. The second-order valence-electron chi connectivity index (χ2n) is 4.63. The highest BCUT2D eigenvalue weighted by Gasteiger charge is 2.24. The predicted molar refractivity (Wildman–Crippen MR) is 69.0 cm³/mol. The maximum Gasteiger partial charge on any atom is 0.287 e. The van der Waals surface area contributed by atoms with Crippen molar-refractivity contribution in [2.45, 2.75) is 31.8 Å². The van der Waals surface area contributed by atoms with Crippen molar-refractivity contribution in [3.63, 3.8) is 0 Å². The molecule has 17 heavy (non-hydrogen) atoms. The Bertz CT molecular complexity index is 405. The summed E-state index contributed by atoms with van der Waals surface area (Å²) in [7, 11) is 2.12. The quantitative estimate of drug-likeness (QED) is 0.911. The Balaban J connectivity index is 1.91. The van der Waals surface area contributed by atoms with Crippen LogP contribution < -0.4 is 5.32 Å². The Labute approximate surface area is 109 Å². The van der Waals surface area contributed by atoms with Crippen LogP contribution in [-0.4, -0.2) is 36.5 Å². The fourth-order valence-corrected chi connectivity index (χ4v) is 2.42. The fourth-order valence-electron chi connectivity index (χ4n) is 2.11. The van der Waals surface area contributed by atoms with Crippen molar-refractivity contribution in [2.24, 2.45) is 0 Å². The smallest absolute Gasteiger partial charge is 0.287 e. The maximum absolute atomic E-state index is 11.9. The van der Waals surface area contributed by atoms with Crippen molar-refractivity contribution < 1.29 is 9.21 Å². The van der Waals surface area contributed by atoms with Crippen LogP contribution in [0.2, 0.25) is 0 Å². The lowest BCUT2D eigenvalue weighted by molar-refractivity contribution is 0.0867. The molecular formula is C12H17BrN2O2. The number of carbonyl (C=O) groups is 1. The third kappa shape index (κ3) is 3.10. The molecule has 1 N–H and O–H groups in total. The van der Waals surface area contributed by atoms with E-state index in [0.717, 1.165) is 19.4 Å². The number of likely N-dealkylation sites (tertiary alicyclic amines) is 1. The predicted octanol–water partition coefficient (Wildman–Crippen LogP) is 2.25. The third-order valence-corrected chi connectivity index (χ3v) is 3.77. The standard InChI is InChI=1S/C12H17BrN2O2/c1-8-7-9(5-6-15(8)2)14-12(16)10-3-4-11(13)17-10/h3-4,8-9H,5-7H2,1-2H3,(H,14,16). The molecule has 0 saturated carbocycles. The zero-order valence-electron chi connectivity index (χ0n) is 10.1. The summed E-state index contributed by atoms with van der Waals surface area (Å²) in [6, 6.07) is 4.17. The molecule has 0 radical (unpaired) electrons. The van der Waals surface area contributed by atoms with E-state index >= 15 is 0 Å². The van der Waals surface area contributed by atoms with Crippen LogP contribution in [0.15, 0.2) is 21.2 Å². The van der Waals surface area contributed by atoms with E-state index in [2.05, 4.69) is 40.1 Å². The van der Waals surface area contributed by atoms with Gasteiger partial charge in [-0.1, -0.05) is 0 Å². The summed E-state index contributed by atoms with van der Waals surface area (Å²) in [5, 5.41) is 3.02. The molecule has 2 rings (SSSR count). The van der Waals surface area contributed by atoms with Gasteiger partial charge in [-0.2, -0.15) is 0 Å². The first-order chi connectivity index (χ1) is 8.06.